The average Bonchev–Trinajstić information content (AvgIpc) is 3.22. The van der Waals surface area contributed by atoms with Crippen LogP contribution in [0.4, 0.5) is 0 Å². The van der Waals surface area contributed by atoms with Gasteiger partial charge in [0.05, 0.1) is 24.1 Å². The lowest BCUT2D eigenvalue weighted by Gasteiger charge is -2.37. The average molecular weight is 373 g/mol. The molecule has 24 heavy (non-hydrogen) atoms. The van der Waals surface area contributed by atoms with E-state index in [-0.39, 0.29) is 18.8 Å². The first kappa shape index (κ1) is 18.0. The summed E-state index contributed by atoms with van der Waals surface area (Å²) in [6.45, 7) is 3.88. The van der Waals surface area contributed by atoms with Gasteiger partial charge in [-0.25, -0.2) is 0 Å². The fraction of sp³-hybridized carbons (Fsp3) is 0.688. The summed E-state index contributed by atoms with van der Waals surface area (Å²) in [5.41, 5.74) is 0. The highest BCUT2D eigenvalue weighted by molar-refractivity contribution is 7.86. The zero-order valence-corrected chi connectivity index (χ0v) is 15.5. The fourth-order valence-electron chi connectivity index (χ4n) is 2.98. The van der Waals surface area contributed by atoms with Crippen LogP contribution in [0.15, 0.2) is 17.5 Å². The molecule has 2 fully saturated rings. The van der Waals surface area contributed by atoms with Gasteiger partial charge >= 0.3 is 0 Å². The zero-order valence-electron chi connectivity index (χ0n) is 13.9. The molecule has 1 unspecified atom stereocenters. The highest BCUT2D eigenvalue weighted by atomic mass is 32.2. The van der Waals surface area contributed by atoms with Crippen molar-refractivity contribution >= 4 is 27.3 Å². The summed E-state index contributed by atoms with van der Waals surface area (Å²) in [6.07, 6.45) is 2.38. The van der Waals surface area contributed by atoms with Crippen LogP contribution in [-0.2, 0) is 14.9 Å². The van der Waals surface area contributed by atoms with E-state index < -0.39 is 16.3 Å². The molecule has 0 amide bonds. The Kier molecular flexibility index (Phi) is 5.71. The molecule has 1 aromatic heterocycles. The quantitative estimate of drug-likeness (QED) is 0.655. The van der Waals surface area contributed by atoms with Crippen molar-refractivity contribution in [3.8, 4) is 0 Å². The van der Waals surface area contributed by atoms with Crippen molar-refractivity contribution in [2.45, 2.75) is 32.2 Å². The number of thiophene rings is 1. The lowest BCUT2D eigenvalue weighted by Crippen LogP contribution is -2.54. The highest BCUT2D eigenvalue weighted by Crippen LogP contribution is 2.31. The van der Waals surface area contributed by atoms with Gasteiger partial charge in [0, 0.05) is 26.1 Å². The molecule has 0 spiro atoms. The van der Waals surface area contributed by atoms with Crippen molar-refractivity contribution in [2.75, 3.05) is 32.8 Å². The SMILES string of the molecule is CCN(CC1CC1)S(=O)(=O)N1CCOCC1CC(=O)c1cccs1. The molecule has 0 N–H and O–H groups in total. The van der Waals surface area contributed by atoms with E-state index >= 15 is 0 Å². The normalized spacial score (nSPS) is 22.8. The third-order valence-electron chi connectivity index (χ3n) is 4.52. The van der Waals surface area contributed by atoms with Crippen LogP contribution in [0.1, 0.15) is 35.9 Å². The van der Waals surface area contributed by atoms with Crippen LogP contribution in [0.5, 0.6) is 0 Å². The first-order valence-electron chi connectivity index (χ1n) is 8.43. The Hall–Kier alpha value is -0.800. The molecule has 2 heterocycles. The van der Waals surface area contributed by atoms with Crippen molar-refractivity contribution < 1.29 is 17.9 Å². The number of morpholine rings is 1. The lowest BCUT2D eigenvalue weighted by atomic mass is 10.1. The molecule has 1 aliphatic heterocycles. The molecular weight excluding hydrogens is 348 g/mol. The third-order valence-corrected chi connectivity index (χ3v) is 7.57. The molecule has 3 rings (SSSR count). The van der Waals surface area contributed by atoms with Crippen molar-refractivity contribution in [1.29, 1.82) is 0 Å². The molecule has 0 bridgehead atoms. The van der Waals surface area contributed by atoms with Crippen molar-refractivity contribution in [2.24, 2.45) is 5.92 Å². The minimum Gasteiger partial charge on any atom is -0.378 e. The molecule has 0 radical (unpaired) electrons. The second-order valence-corrected chi connectivity index (χ2v) is 9.17. The maximum absolute atomic E-state index is 13.0. The van der Waals surface area contributed by atoms with Crippen molar-refractivity contribution in [1.82, 2.24) is 8.61 Å². The molecule has 1 aliphatic carbocycles. The largest absolute Gasteiger partial charge is 0.378 e. The maximum Gasteiger partial charge on any atom is 0.282 e. The molecule has 1 saturated carbocycles. The van der Waals surface area contributed by atoms with E-state index in [4.69, 9.17) is 4.74 Å². The van der Waals surface area contributed by atoms with E-state index in [0.717, 1.165) is 12.8 Å². The van der Waals surface area contributed by atoms with Crippen LogP contribution in [-0.4, -0.2) is 61.7 Å². The maximum atomic E-state index is 13.0. The first-order valence-corrected chi connectivity index (χ1v) is 10.7. The van der Waals surface area contributed by atoms with Gasteiger partial charge in [0.2, 0.25) is 0 Å². The number of nitrogens with zero attached hydrogens (tertiary/aromatic N) is 2. The van der Waals surface area contributed by atoms with Crippen LogP contribution in [0.25, 0.3) is 0 Å². The highest BCUT2D eigenvalue weighted by Gasteiger charge is 2.39. The summed E-state index contributed by atoms with van der Waals surface area (Å²) in [5, 5.41) is 1.85. The van der Waals surface area contributed by atoms with Gasteiger partial charge in [-0.15, -0.1) is 11.3 Å². The zero-order chi connectivity index (χ0) is 17.2. The van der Waals surface area contributed by atoms with Crippen LogP contribution < -0.4 is 0 Å². The summed E-state index contributed by atoms with van der Waals surface area (Å²) < 4.78 is 34.6. The second-order valence-electron chi connectivity index (χ2n) is 6.35. The molecule has 0 aromatic carbocycles. The Balaban J connectivity index is 1.73. The predicted molar refractivity (Wildman–Crippen MR) is 93.5 cm³/mol. The van der Waals surface area contributed by atoms with E-state index in [9.17, 15) is 13.2 Å². The Morgan fingerprint density at radius 2 is 2.25 bits per heavy atom. The van der Waals surface area contributed by atoms with Crippen LogP contribution in [0.2, 0.25) is 0 Å². The Morgan fingerprint density at radius 1 is 1.46 bits per heavy atom. The molecule has 1 aromatic rings. The van der Waals surface area contributed by atoms with E-state index in [2.05, 4.69) is 0 Å². The van der Waals surface area contributed by atoms with E-state index in [1.807, 2.05) is 18.4 Å². The van der Waals surface area contributed by atoms with Crippen molar-refractivity contribution in [3.05, 3.63) is 22.4 Å². The van der Waals surface area contributed by atoms with Crippen LogP contribution >= 0.6 is 11.3 Å². The van der Waals surface area contributed by atoms with E-state index in [0.29, 0.717) is 37.0 Å². The van der Waals surface area contributed by atoms with Gasteiger partial charge in [-0.1, -0.05) is 13.0 Å². The van der Waals surface area contributed by atoms with E-state index in [1.54, 1.807) is 10.4 Å². The number of ketones is 1. The fourth-order valence-corrected chi connectivity index (χ4v) is 5.49. The van der Waals surface area contributed by atoms with Gasteiger partial charge in [0.25, 0.3) is 10.2 Å². The van der Waals surface area contributed by atoms with Gasteiger partial charge in [0.15, 0.2) is 5.78 Å². The van der Waals surface area contributed by atoms with Crippen molar-refractivity contribution in [3.63, 3.8) is 0 Å². The minimum absolute atomic E-state index is 0.0223. The molecule has 2 aliphatic rings. The minimum atomic E-state index is -3.56. The number of carbonyl (C=O) groups excluding carboxylic acids is 1. The van der Waals surface area contributed by atoms with Gasteiger partial charge in [0.1, 0.15) is 0 Å². The van der Waals surface area contributed by atoms with Crippen LogP contribution in [0.3, 0.4) is 0 Å². The molecule has 1 atom stereocenters. The first-order chi connectivity index (χ1) is 11.5. The summed E-state index contributed by atoms with van der Waals surface area (Å²) in [7, 11) is -3.56. The number of Topliss-reactive ketones (excluding diaryl/α,β-unsaturated/α-hetero) is 1. The van der Waals surface area contributed by atoms with Gasteiger partial charge in [-0.2, -0.15) is 17.0 Å². The monoisotopic (exact) mass is 372 g/mol. The number of rotatable bonds is 8. The Labute approximate surface area is 147 Å². The summed E-state index contributed by atoms with van der Waals surface area (Å²) in [5.74, 6) is 0.470. The topological polar surface area (TPSA) is 66.9 Å². The number of hydrogen-bond donors (Lipinski definition) is 0. The molecular formula is C16H24N2O4S2. The predicted octanol–water partition coefficient (Wildman–Crippen LogP) is 2.00. The molecule has 1 saturated heterocycles. The number of ether oxygens (including phenoxy) is 1. The van der Waals surface area contributed by atoms with Gasteiger partial charge in [-0.3, -0.25) is 4.79 Å². The molecule has 134 valence electrons. The van der Waals surface area contributed by atoms with E-state index in [1.165, 1.54) is 15.6 Å². The molecule has 6 nitrogen and oxygen atoms in total. The summed E-state index contributed by atoms with van der Waals surface area (Å²) >= 11 is 1.39. The smallest absolute Gasteiger partial charge is 0.282 e. The summed E-state index contributed by atoms with van der Waals surface area (Å²) in [6, 6.07) is 3.19. The third kappa shape index (κ3) is 4.05. The number of carbonyl (C=O) groups is 1. The Morgan fingerprint density at radius 3 is 2.88 bits per heavy atom. The molecule has 8 heteroatoms. The van der Waals surface area contributed by atoms with Gasteiger partial charge < -0.3 is 4.74 Å². The lowest BCUT2D eigenvalue weighted by molar-refractivity contribution is 0.0267. The second kappa shape index (κ2) is 7.61. The standard InChI is InChI=1S/C16H24N2O4S2/c1-2-17(11-13-5-6-13)24(20,21)18-7-8-22-12-14(18)10-15(19)16-4-3-9-23-16/h3-4,9,13-14H,2,5-8,10-12H2,1H3. The van der Waals surface area contributed by atoms with Gasteiger partial charge in [-0.05, 0) is 30.2 Å². The number of hydrogen-bond acceptors (Lipinski definition) is 5. The van der Waals surface area contributed by atoms with Crippen LogP contribution in [0, 0.1) is 5.92 Å². The Bertz CT molecular complexity index is 656. The summed E-state index contributed by atoms with van der Waals surface area (Å²) in [4.78, 5) is 13.1.